The van der Waals surface area contributed by atoms with Crippen molar-refractivity contribution in [3.05, 3.63) is 82.9 Å². The van der Waals surface area contributed by atoms with Gasteiger partial charge < -0.3 is 0 Å². The standard InChI is InChI=1S/2C9H7.C2H5.BH.2ClH.Hf/c2*1-2-5-9-7-3-6-8(9)4-1;1-2;;;;/h2*1-7H;1H2,2H3;3*1H;. The molecular weight excluding hydrogens is 500 g/mol. The molecule has 0 aliphatic heterocycles. The molecule has 123 valence electrons. The molecule has 0 aromatic heterocycles. The average molecular weight is 523 g/mol. The van der Waals surface area contributed by atoms with E-state index >= 15 is 0 Å². The molecule has 2 atom stereocenters. The second-order valence-electron chi connectivity index (χ2n) is 6.52. The van der Waals surface area contributed by atoms with E-state index in [0.717, 1.165) is 0 Å². The fourth-order valence-electron chi connectivity index (χ4n) is 4.13. The van der Waals surface area contributed by atoms with Crippen LogP contribution in [0.4, 0.5) is 0 Å². The first kappa shape index (κ1) is 19.8. The maximum absolute atomic E-state index is 4.97. The minimum atomic E-state index is -2.83. The Kier molecular flexibility index (Phi) is 6.39. The molecule has 24 heavy (non-hydrogen) atoms. The molecule has 0 bridgehead atoms. The average Bonchev–Trinajstić information content (AvgIpc) is 3.19. The zero-order chi connectivity index (χ0) is 15.2. The number of allylic oxidation sites excluding steroid dienone is 2. The van der Waals surface area contributed by atoms with Gasteiger partial charge in [0.2, 0.25) is 0 Å². The van der Waals surface area contributed by atoms with Gasteiger partial charge in [0.1, 0.15) is 0 Å². The Balaban J connectivity index is 0.00000104. The number of hydrogen-bond acceptors (Lipinski definition) is 0. The van der Waals surface area contributed by atoms with Crippen molar-refractivity contribution in [2.45, 2.75) is 18.5 Å². The van der Waals surface area contributed by atoms with Gasteiger partial charge in [-0.1, -0.05) is 0 Å². The molecule has 0 radical (unpaired) electrons. The summed E-state index contributed by atoms with van der Waals surface area (Å²) in [5.41, 5.74) is 5.87. The first-order valence-electron chi connectivity index (χ1n) is 8.13. The Bertz CT molecular complexity index is 776. The quantitative estimate of drug-likeness (QED) is 0.449. The molecule has 4 heteroatoms. The Labute approximate surface area is 161 Å². The molecule has 0 heterocycles. The van der Waals surface area contributed by atoms with Crippen molar-refractivity contribution in [1.82, 2.24) is 0 Å². The summed E-state index contributed by atoms with van der Waals surface area (Å²) in [6, 6.07) is 17.8. The van der Waals surface area contributed by atoms with Crippen LogP contribution >= 0.6 is 24.8 Å². The van der Waals surface area contributed by atoms with Gasteiger partial charge in [-0.25, -0.2) is 0 Å². The van der Waals surface area contributed by atoms with E-state index in [9.17, 15) is 0 Å². The molecule has 0 saturated carbocycles. The first-order valence-corrected chi connectivity index (χ1v) is 17.4. The summed E-state index contributed by atoms with van der Waals surface area (Å²) >= 11 is -2.83. The summed E-state index contributed by atoms with van der Waals surface area (Å²) in [4.78, 5) is 4.97. The van der Waals surface area contributed by atoms with Crippen LogP contribution in [-0.2, 0) is 19.2 Å². The molecule has 0 saturated heterocycles. The third-order valence-corrected chi connectivity index (χ3v) is 22.7. The van der Waals surface area contributed by atoms with Gasteiger partial charge in [0.15, 0.2) is 0 Å². The summed E-state index contributed by atoms with van der Waals surface area (Å²) in [5, 5.41) is 0. The van der Waals surface area contributed by atoms with Crippen molar-refractivity contribution >= 4 is 42.0 Å². The zero-order valence-corrected chi connectivity index (χ0v) is 19.0. The molecule has 0 spiro atoms. The van der Waals surface area contributed by atoms with E-state index in [0.29, 0.717) is 7.35 Å². The molecule has 4 rings (SSSR count). The van der Waals surface area contributed by atoms with E-state index in [1.165, 1.54) is 26.4 Å². The van der Waals surface area contributed by atoms with Gasteiger partial charge in [-0.05, 0) is 0 Å². The number of rotatable bonds is 3. The van der Waals surface area contributed by atoms with E-state index < -0.39 is 19.2 Å². The molecule has 0 N–H and O–H groups in total. The molecule has 2 aromatic carbocycles. The van der Waals surface area contributed by atoms with Crippen molar-refractivity contribution in [2.24, 2.45) is 0 Å². The van der Waals surface area contributed by atoms with Crippen LogP contribution < -0.4 is 0 Å². The second kappa shape index (κ2) is 7.76. The SMILES string of the molecule is Cl.Cl.[BH]=[Hf]([CH2]C)([CH]1C=Cc2ccccc21)[CH]1C=Cc2ccccc21. The summed E-state index contributed by atoms with van der Waals surface area (Å²) in [6.45, 7) is 2.37. The molecule has 0 fully saturated rings. The van der Waals surface area contributed by atoms with Crippen LogP contribution in [0.25, 0.3) is 12.2 Å². The van der Waals surface area contributed by atoms with E-state index in [4.69, 9.17) is 4.99 Å². The predicted octanol–water partition coefficient (Wildman–Crippen LogP) is 5.77. The number of benzene rings is 2. The van der Waals surface area contributed by atoms with Gasteiger partial charge in [-0.3, -0.25) is 0 Å². The molecule has 2 aliphatic rings. The third kappa shape index (κ3) is 3.02. The van der Waals surface area contributed by atoms with Crippen molar-refractivity contribution in [3.63, 3.8) is 0 Å². The van der Waals surface area contributed by atoms with E-state index in [2.05, 4.69) is 79.8 Å². The van der Waals surface area contributed by atoms with Crippen LogP contribution in [0.15, 0.2) is 60.7 Å². The maximum atomic E-state index is 4.97. The van der Waals surface area contributed by atoms with Crippen molar-refractivity contribution in [3.8, 4) is 0 Å². The summed E-state index contributed by atoms with van der Waals surface area (Å²) in [5.74, 6) is 0. The fraction of sp³-hybridized carbons (Fsp3) is 0.200. The summed E-state index contributed by atoms with van der Waals surface area (Å²) < 4.78 is 2.49. The number of fused-ring (bicyclic) bond motifs is 2. The molecule has 2 unspecified atom stereocenters. The summed E-state index contributed by atoms with van der Waals surface area (Å²) in [7, 11) is 0. The third-order valence-electron chi connectivity index (χ3n) is 5.50. The first-order chi connectivity index (χ1) is 10.7. The topological polar surface area (TPSA) is 0 Å². The van der Waals surface area contributed by atoms with Gasteiger partial charge in [0.05, 0.1) is 0 Å². The second-order valence-corrected chi connectivity index (χ2v) is 22.4. The number of halogens is 2. The fourth-order valence-corrected chi connectivity index (χ4v) is 18.5. The Morgan fingerprint density at radius 3 is 1.62 bits per heavy atom. The minimum absolute atomic E-state index is 0. The van der Waals surface area contributed by atoms with Gasteiger partial charge in [0, 0.05) is 0 Å². The van der Waals surface area contributed by atoms with Crippen molar-refractivity contribution < 1.29 is 19.2 Å². The molecule has 0 nitrogen and oxygen atoms in total. The monoisotopic (exact) mass is 523 g/mol. The Morgan fingerprint density at radius 1 is 0.792 bits per heavy atom. The Morgan fingerprint density at radius 2 is 1.21 bits per heavy atom. The van der Waals surface area contributed by atoms with Crippen molar-refractivity contribution in [1.29, 1.82) is 0 Å². The van der Waals surface area contributed by atoms with Crippen LogP contribution in [0.3, 0.4) is 0 Å². The van der Waals surface area contributed by atoms with Crippen molar-refractivity contribution in [2.75, 3.05) is 0 Å². The number of hydrogen-bond donors (Lipinski definition) is 0. The van der Waals surface area contributed by atoms with Crippen LogP contribution in [-0.4, -0.2) is 4.99 Å². The van der Waals surface area contributed by atoms with E-state index in [-0.39, 0.29) is 24.8 Å². The summed E-state index contributed by atoms with van der Waals surface area (Å²) in [6.07, 6.45) is 9.55. The zero-order valence-electron chi connectivity index (χ0n) is 13.8. The van der Waals surface area contributed by atoms with Crippen LogP contribution in [0.1, 0.15) is 36.5 Å². The predicted molar refractivity (Wildman–Crippen MR) is 109 cm³/mol. The van der Waals surface area contributed by atoms with Gasteiger partial charge in [-0.2, -0.15) is 0 Å². The molecular formula is C20H22BCl2Hf. The Hall–Kier alpha value is -0.565. The van der Waals surface area contributed by atoms with Crippen LogP contribution in [0.5, 0.6) is 0 Å². The van der Waals surface area contributed by atoms with E-state index in [1.54, 1.807) is 0 Å². The molecule has 2 aromatic rings. The molecule has 0 amide bonds. The van der Waals surface area contributed by atoms with E-state index in [1.807, 2.05) is 0 Å². The van der Waals surface area contributed by atoms with Gasteiger partial charge in [0.25, 0.3) is 0 Å². The van der Waals surface area contributed by atoms with Gasteiger partial charge in [-0.15, -0.1) is 24.8 Å². The normalized spacial score (nSPS) is 22.0. The molecule has 2 aliphatic carbocycles. The van der Waals surface area contributed by atoms with Crippen LogP contribution in [0.2, 0.25) is 4.18 Å². The van der Waals surface area contributed by atoms with Crippen LogP contribution in [0, 0.1) is 0 Å². The van der Waals surface area contributed by atoms with Gasteiger partial charge >= 0.3 is 138 Å².